The summed E-state index contributed by atoms with van der Waals surface area (Å²) in [5, 5.41) is 3.03. The van der Waals surface area contributed by atoms with Crippen LogP contribution in [0.2, 0.25) is 0 Å². The minimum atomic E-state index is -0.222. The molecule has 0 saturated carbocycles. The molecule has 2 rings (SSSR count). The summed E-state index contributed by atoms with van der Waals surface area (Å²) in [4.78, 5) is 28.8. The molecule has 1 heterocycles. The molecule has 1 aliphatic heterocycles. The Labute approximate surface area is 151 Å². The summed E-state index contributed by atoms with van der Waals surface area (Å²) in [6.07, 6.45) is 1.33. The molecule has 1 aromatic rings. The van der Waals surface area contributed by atoms with Crippen molar-refractivity contribution in [3.05, 3.63) is 35.9 Å². The highest BCUT2D eigenvalue weighted by Crippen LogP contribution is 2.11. The molecule has 25 heavy (non-hydrogen) atoms. The summed E-state index contributed by atoms with van der Waals surface area (Å²) >= 11 is 0. The fourth-order valence-corrected chi connectivity index (χ4v) is 3.05. The molecule has 1 fully saturated rings. The van der Waals surface area contributed by atoms with Gasteiger partial charge in [-0.2, -0.15) is 0 Å². The summed E-state index contributed by atoms with van der Waals surface area (Å²) in [5.41, 5.74) is 0.975. The van der Waals surface area contributed by atoms with E-state index in [9.17, 15) is 9.59 Å². The van der Waals surface area contributed by atoms with Crippen LogP contribution in [0.3, 0.4) is 0 Å². The van der Waals surface area contributed by atoms with Gasteiger partial charge in [0, 0.05) is 38.1 Å². The number of aryl methyl sites for hydroxylation is 1. The highest BCUT2D eigenvalue weighted by molar-refractivity contribution is 5.82. The summed E-state index contributed by atoms with van der Waals surface area (Å²) < 4.78 is 0. The lowest BCUT2D eigenvalue weighted by Gasteiger charge is -2.38. The van der Waals surface area contributed by atoms with Crippen LogP contribution in [0.4, 0.5) is 0 Å². The Morgan fingerprint density at radius 3 is 2.24 bits per heavy atom. The van der Waals surface area contributed by atoms with Gasteiger partial charge in [0.2, 0.25) is 11.8 Å². The third-order valence-electron chi connectivity index (χ3n) is 4.56. The monoisotopic (exact) mass is 345 g/mol. The van der Waals surface area contributed by atoms with E-state index >= 15 is 0 Å². The molecule has 0 bridgehead atoms. The molecule has 5 nitrogen and oxygen atoms in total. The highest BCUT2D eigenvalue weighted by Gasteiger charge is 2.28. The maximum Gasteiger partial charge on any atom is 0.237 e. The van der Waals surface area contributed by atoms with E-state index in [2.05, 4.69) is 22.3 Å². The lowest BCUT2D eigenvalue weighted by atomic mass is 10.1. The first-order chi connectivity index (χ1) is 11.8. The summed E-state index contributed by atoms with van der Waals surface area (Å²) in [5.74, 6) is 0.256. The van der Waals surface area contributed by atoms with Crippen LogP contribution in [0.1, 0.15) is 39.7 Å². The van der Waals surface area contributed by atoms with E-state index in [1.807, 2.05) is 50.8 Å². The first-order valence-corrected chi connectivity index (χ1v) is 9.14. The van der Waals surface area contributed by atoms with Crippen molar-refractivity contribution in [2.24, 2.45) is 0 Å². The zero-order chi connectivity index (χ0) is 18.4. The van der Waals surface area contributed by atoms with Gasteiger partial charge in [-0.15, -0.1) is 0 Å². The fraction of sp³-hybridized carbons (Fsp3) is 0.600. The first-order valence-electron chi connectivity index (χ1n) is 9.14. The van der Waals surface area contributed by atoms with Gasteiger partial charge in [0.1, 0.15) is 0 Å². The highest BCUT2D eigenvalue weighted by atomic mass is 16.2. The van der Waals surface area contributed by atoms with Crippen LogP contribution >= 0.6 is 0 Å². The quantitative estimate of drug-likeness (QED) is 0.889. The minimum Gasteiger partial charge on any atom is -0.350 e. The second-order valence-electron chi connectivity index (χ2n) is 7.82. The number of carbonyl (C=O) groups excluding carboxylic acids is 2. The molecule has 5 heteroatoms. The molecule has 0 spiro atoms. The van der Waals surface area contributed by atoms with Gasteiger partial charge in [-0.1, -0.05) is 30.3 Å². The van der Waals surface area contributed by atoms with Gasteiger partial charge in [0.25, 0.3) is 0 Å². The number of piperazine rings is 1. The molecule has 1 atom stereocenters. The Balaban J connectivity index is 1.76. The van der Waals surface area contributed by atoms with Crippen molar-refractivity contribution in [2.45, 2.75) is 52.1 Å². The van der Waals surface area contributed by atoms with E-state index in [-0.39, 0.29) is 23.4 Å². The molecule has 0 aromatic heterocycles. The molecule has 0 radical (unpaired) electrons. The SMILES string of the molecule is C[C@H](C(=O)NC(C)(C)C)N1CCN(C(=O)CCc2ccccc2)CC1. The van der Waals surface area contributed by atoms with Gasteiger partial charge in [0.15, 0.2) is 0 Å². The van der Waals surface area contributed by atoms with Gasteiger partial charge in [0.05, 0.1) is 6.04 Å². The number of carbonyl (C=O) groups is 2. The number of nitrogens with zero attached hydrogens (tertiary/aromatic N) is 2. The Bertz CT molecular complexity index is 572. The van der Waals surface area contributed by atoms with E-state index < -0.39 is 0 Å². The number of nitrogens with one attached hydrogen (secondary N) is 1. The van der Waals surface area contributed by atoms with Crippen molar-refractivity contribution < 1.29 is 9.59 Å². The Kier molecular flexibility index (Phi) is 6.59. The zero-order valence-corrected chi connectivity index (χ0v) is 15.9. The van der Waals surface area contributed by atoms with Crippen LogP contribution in [0.25, 0.3) is 0 Å². The number of amides is 2. The van der Waals surface area contributed by atoms with E-state index in [1.165, 1.54) is 5.56 Å². The number of hydrogen-bond donors (Lipinski definition) is 1. The van der Waals surface area contributed by atoms with Crippen LogP contribution in [-0.4, -0.2) is 59.4 Å². The van der Waals surface area contributed by atoms with Gasteiger partial charge < -0.3 is 10.2 Å². The lowest BCUT2D eigenvalue weighted by molar-refractivity contribution is -0.134. The molecule has 1 N–H and O–H groups in total. The van der Waals surface area contributed by atoms with Crippen molar-refractivity contribution in [3.8, 4) is 0 Å². The second kappa shape index (κ2) is 8.48. The van der Waals surface area contributed by atoms with Gasteiger partial charge >= 0.3 is 0 Å². The molecule has 0 unspecified atom stereocenters. The van der Waals surface area contributed by atoms with Crippen molar-refractivity contribution in [1.82, 2.24) is 15.1 Å². The van der Waals surface area contributed by atoms with Crippen molar-refractivity contribution >= 4 is 11.8 Å². The smallest absolute Gasteiger partial charge is 0.237 e. The van der Waals surface area contributed by atoms with Crippen LogP contribution in [0.15, 0.2) is 30.3 Å². The molecular weight excluding hydrogens is 314 g/mol. The molecule has 2 amide bonds. The Morgan fingerprint density at radius 2 is 1.68 bits per heavy atom. The standard InChI is InChI=1S/C20H31N3O2/c1-16(19(25)21-20(2,3)4)22-12-14-23(15-13-22)18(24)11-10-17-8-6-5-7-9-17/h5-9,16H,10-15H2,1-4H3,(H,21,25)/t16-/m1/s1. The molecule has 1 aliphatic rings. The van der Waals surface area contributed by atoms with E-state index in [1.54, 1.807) is 0 Å². The third kappa shape index (κ3) is 6.16. The van der Waals surface area contributed by atoms with Crippen LogP contribution in [0.5, 0.6) is 0 Å². The van der Waals surface area contributed by atoms with Gasteiger partial charge in [-0.3, -0.25) is 14.5 Å². The van der Waals surface area contributed by atoms with Gasteiger partial charge in [-0.25, -0.2) is 0 Å². The Hall–Kier alpha value is -1.88. The topological polar surface area (TPSA) is 52.7 Å². The predicted octanol–water partition coefficient (Wildman–Crippen LogP) is 2.07. The number of hydrogen-bond acceptors (Lipinski definition) is 3. The van der Waals surface area contributed by atoms with Crippen molar-refractivity contribution in [2.75, 3.05) is 26.2 Å². The normalized spacial score (nSPS) is 17.2. The maximum atomic E-state index is 12.4. The summed E-state index contributed by atoms with van der Waals surface area (Å²) in [7, 11) is 0. The minimum absolute atomic E-state index is 0.0522. The zero-order valence-electron chi connectivity index (χ0n) is 15.9. The number of benzene rings is 1. The average Bonchev–Trinajstić information content (AvgIpc) is 2.58. The first kappa shape index (κ1) is 19.4. The largest absolute Gasteiger partial charge is 0.350 e. The predicted molar refractivity (Wildman–Crippen MR) is 100 cm³/mol. The fourth-order valence-electron chi connectivity index (χ4n) is 3.05. The van der Waals surface area contributed by atoms with Crippen molar-refractivity contribution in [3.63, 3.8) is 0 Å². The van der Waals surface area contributed by atoms with Crippen LogP contribution in [0, 0.1) is 0 Å². The maximum absolute atomic E-state index is 12.4. The third-order valence-corrected chi connectivity index (χ3v) is 4.56. The summed E-state index contributed by atoms with van der Waals surface area (Å²) in [6, 6.07) is 9.94. The lowest BCUT2D eigenvalue weighted by Crippen LogP contribution is -2.56. The molecule has 0 aliphatic carbocycles. The van der Waals surface area contributed by atoms with E-state index in [4.69, 9.17) is 0 Å². The van der Waals surface area contributed by atoms with Crippen LogP contribution in [-0.2, 0) is 16.0 Å². The van der Waals surface area contributed by atoms with E-state index in [0.717, 1.165) is 19.5 Å². The van der Waals surface area contributed by atoms with E-state index in [0.29, 0.717) is 19.5 Å². The van der Waals surface area contributed by atoms with Crippen LogP contribution < -0.4 is 5.32 Å². The Morgan fingerprint density at radius 1 is 1.08 bits per heavy atom. The molecule has 138 valence electrons. The van der Waals surface area contributed by atoms with Gasteiger partial charge in [-0.05, 0) is 39.7 Å². The molecule has 1 saturated heterocycles. The number of rotatable bonds is 5. The molecular formula is C20H31N3O2. The average molecular weight is 345 g/mol. The molecule has 1 aromatic carbocycles. The summed E-state index contributed by atoms with van der Waals surface area (Å²) in [6.45, 7) is 10.8. The second-order valence-corrected chi connectivity index (χ2v) is 7.82. The van der Waals surface area contributed by atoms with Crippen molar-refractivity contribution in [1.29, 1.82) is 0 Å².